The third kappa shape index (κ3) is 2.69. The lowest BCUT2D eigenvalue weighted by atomic mass is 9.95. The van der Waals surface area contributed by atoms with E-state index in [1.165, 1.54) is 0 Å². The summed E-state index contributed by atoms with van der Waals surface area (Å²) in [5, 5.41) is 12.2. The van der Waals surface area contributed by atoms with E-state index in [0.29, 0.717) is 29.5 Å². The highest BCUT2D eigenvalue weighted by molar-refractivity contribution is 7.88. The highest BCUT2D eigenvalue weighted by Gasteiger charge is 2.46. The van der Waals surface area contributed by atoms with Gasteiger partial charge in [-0.25, -0.2) is 8.42 Å². The van der Waals surface area contributed by atoms with Crippen molar-refractivity contribution in [3.63, 3.8) is 0 Å². The fourth-order valence-electron chi connectivity index (χ4n) is 3.52. The number of fused-ring (bicyclic) bond motifs is 1. The molecule has 2 heterocycles. The topological polar surface area (TPSA) is 73.2 Å². The van der Waals surface area contributed by atoms with Crippen molar-refractivity contribution in [3.05, 3.63) is 35.4 Å². The first kappa shape index (κ1) is 14.5. The predicted octanol–water partition coefficient (Wildman–Crippen LogP) is 0.928. The van der Waals surface area contributed by atoms with Crippen LogP contribution in [0, 0.1) is 23.2 Å². The lowest BCUT2D eigenvalue weighted by Gasteiger charge is -2.23. The fourth-order valence-corrected chi connectivity index (χ4v) is 5.37. The van der Waals surface area contributed by atoms with E-state index in [2.05, 4.69) is 5.32 Å². The van der Waals surface area contributed by atoms with Crippen LogP contribution in [0.3, 0.4) is 0 Å². The minimum Gasteiger partial charge on any atom is -0.316 e. The van der Waals surface area contributed by atoms with E-state index < -0.39 is 10.0 Å². The minimum atomic E-state index is -3.33. The summed E-state index contributed by atoms with van der Waals surface area (Å²) in [4.78, 5) is 0. The molecule has 5 nitrogen and oxygen atoms in total. The number of nitriles is 1. The Morgan fingerprint density at radius 1 is 1.43 bits per heavy atom. The molecule has 0 saturated carbocycles. The van der Waals surface area contributed by atoms with Crippen molar-refractivity contribution in [2.75, 3.05) is 19.6 Å². The quantitative estimate of drug-likeness (QED) is 0.901. The van der Waals surface area contributed by atoms with E-state index in [-0.39, 0.29) is 11.8 Å². The standard InChI is InChI=1S/C15H19N3O2S/c1-11-15-8-17-7-14(15)9-18(11)21(19,20)10-13-4-2-3-12(5-13)6-16/h2-5,11,14-15,17H,7-10H2,1H3. The zero-order valence-electron chi connectivity index (χ0n) is 12.0. The second kappa shape index (κ2) is 5.41. The van der Waals surface area contributed by atoms with E-state index >= 15 is 0 Å². The molecule has 0 aliphatic carbocycles. The average molecular weight is 305 g/mol. The third-order valence-corrected chi connectivity index (χ3v) is 6.54. The molecule has 112 valence electrons. The summed E-state index contributed by atoms with van der Waals surface area (Å²) in [5.41, 5.74) is 1.18. The lowest BCUT2D eigenvalue weighted by Crippen LogP contribution is -2.38. The number of benzene rings is 1. The third-order valence-electron chi connectivity index (χ3n) is 4.64. The van der Waals surface area contributed by atoms with Gasteiger partial charge in [0.2, 0.25) is 10.0 Å². The molecule has 6 heteroatoms. The molecule has 2 saturated heterocycles. The Labute approximate surface area is 125 Å². The van der Waals surface area contributed by atoms with Gasteiger partial charge in [0.1, 0.15) is 0 Å². The summed E-state index contributed by atoms with van der Waals surface area (Å²) >= 11 is 0. The summed E-state index contributed by atoms with van der Waals surface area (Å²) in [6, 6.07) is 8.93. The number of sulfonamides is 1. The van der Waals surface area contributed by atoms with Crippen molar-refractivity contribution >= 4 is 10.0 Å². The van der Waals surface area contributed by atoms with Crippen molar-refractivity contribution in [3.8, 4) is 6.07 Å². The zero-order valence-corrected chi connectivity index (χ0v) is 12.8. The van der Waals surface area contributed by atoms with Crippen LogP contribution in [0.4, 0.5) is 0 Å². The maximum absolute atomic E-state index is 12.7. The molecular weight excluding hydrogens is 286 g/mol. The van der Waals surface area contributed by atoms with Crippen molar-refractivity contribution in [1.82, 2.24) is 9.62 Å². The smallest absolute Gasteiger partial charge is 0.218 e. The van der Waals surface area contributed by atoms with Crippen LogP contribution in [0.2, 0.25) is 0 Å². The Kier molecular flexibility index (Phi) is 3.74. The van der Waals surface area contributed by atoms with Gasteiger partial charge in [0.05, 0.1) is 17.4 Å². The summed E-state index contributed by atoms with van der Waals surface area (Å²) in [6.07, 6.45) is 0. The van der Waals surface area contributed by atoms with Gasteiger partial charge < -0.3 is 5.32 Å². The molecule has 0 amide bonds. The summed E-state index contributed by atoms with van der Waals surface area (Å²) in [5.74, 6) is 0.824. The maximum Gasteiger partial charge on any atom is 0.218 e. The minimum absolute atomic E-state index is 0.0280. The molecule has 2 fully saturated rings. The van der Waals surface area contributed by atoms with Gasteiger partial charge in [-0.3, -0.25) is 0 Å². The first-order valence-electron chi connectivity index (χ1n) is 7.20. The highest BCUT2D eigenvalue weighted by Crippen LogP contribution is 2.34. The van der Waals surface area contributed by atoms with Crippen LogP contribution in [0.25, 0.3) is 0 Å². The largest absolute Gasteiger partial charge is 0.316 e. The van der Waals surface area contributed by atoms with Gasteiger partial charge in [-0.2, -0.15) is 9.57 Å². The summed E-state index contributed by atoms with van der Waals surface area (Å²) in [7, 11) is -3.33. The first-order chi connectivity index (χ1) is 10.0. The van der Waals surface area contributed by atoms with Crippen LogP contribution in [0.5, 0.6) is 0 Å². The number of hydrogen-bond donors (Lipinski definition) is 1. The Balaban J connectivity index is 1.80. The fraction of sp³-hybridized carbons (Fsp3) is 0.533. The summed E-state index contributed by atoms with van der Waals surface area (Å²) < 4.78 is 27.0. The molecular formula is C15H19N3O2S. The van der Waals surface area contributed by atoms with Gasteiger partial charge in [-0.05, 0) is 49.5 Å². The average Bonchev–Trinajstić information content (AvgIpc) is 3.02. The molecule has 3 atom stereocenters. The first-order valence-corrected chi connectivity index (χ1v) is 8.81. The van der Waals surface area contributed by atoms with Gasteiger partial charge in [-0.1, -0.05) is 12.1 Å². The van der Waals surface area contributed by atoms with Crippen molar-refractivity contribution in [1.29, 1.82) is 5.26 Å². The molecule has 3 rings (SSSR count). The molecule has 0 aromatic heterocycles. The van der Waals surface area contributed by atoms with Gasteiger partial charge in [0, 0.05) is 12.6 Å². The molecule has 0 radical (unpaired) electrons. The molecule has 0 spiro atoms. The second-order valence-electron chi connectivity index (χ2n) is 5.96. The van der Waals surface area contributed by atoms with E-state index in [1.54, 1.807) is 28.6 Å². The van der Waals surface area contributed by atoms with Crippen molar-refractivity contribution in [2.45, 2.75) is 18.7 Å². The highest BCUT2D eigenvalue weighted by atomic mass is 32.2. The number of rotatable bonds is 3. The maximum atomic E-state index is 12.7. The van der Waals surface area contributed by atoms with Gasteiger partial charge in [0.25, 0.3) is 0 Å². The predicted molar refractivity (Wildman–Crippen MR) is 79.8 cm³/mol. The van der Waals surface area contributed by atoms with E-state index in [1.807, 2.05) is 13.0 Å². The van der Waals surface area contributed by atoms with Crippen LogP contribution < -0.4 is 5.32 Å². The Morgan fingerprint density at radius 3 is 2.95 bits per heavy atom. The van der Waals surface area contributed by atoms with Crippen molar-refractivity contribution < 1.29 is 8.42 Å². The van der Waals surface area contributed by atoms with Crippen LogP contribution in [0.1, 0.15) is 18.1 Å². The molecule has 1 N–H and O–H groups in total. The Hall–Kier alpha value is -1.42. The normalized spacial score (nSPS) is 29.2. The van der Waals surface area contributed by atoms with Crippen LogP contribution >= 0.6 is 0 Å². The molecule has 2 aliphatic heterocycles. The number of nitrogens with zero attached hydrogens (tertiary/aromatic N) is 2. The Morgan fingerprint density at radius 2 is 2.24 bits per heavy atom. The monoisotopic (exact) mass is 305 g/mol. The molecule has 1 aromatic rings. The van der Waals surface area contributed by atoms with Crippen molar-refractivity contribution in [2.24, 2.45) is 11.8 Å². The van der Waals surface area contributed by atoms with Crippen LogP contribution in [0.15, 0.2) is 24.3 Å². The van der Waals surface area contributed by atoms with Crippen LogP contribution in [-0.4, -0.2) is 38.4 Å². The number of nitrogens with one attached hydrogen (secondary N) is 1. The molecule has 2 aliphatic rings. The van der Waals surface area contributed by atoms with E-state index in [0.717, 1.165) is 13.1 Å². The van der Waals surface area contributed by atoms with E-state index in [4.69, 9.17) is 5.26 Å². The molecule has 0 bridgehead atoms. The zero-order chi connectivity index (χ0) is 15.0. The molecule has 3 unspecified atom stereocenters. The lowest BCUT2D eigenvalue weighted by molar-refractivity contribution is 0.360. The molecule has 21 heavy (non-hydrogen) atoms. The summed E-state index contributed by atoms with van der Waals surface area (Å²) in [6.45, 7) is 4.42. The second-order valence-corrected chi connectivity index (χ2v) is 7.88. The molecule has 1 aromatic carbocycles. The van der Waals surface area contributed by atoms with Gasteiger partial charge in [-0.15, -0.1) is 0 Å². The van der Waals surface area contributed by atoms with E-state index in [9.17, 15) is 8.42 Å². The van der Waals surface area contributed by atoms with Gasteiger partial charge >= 0.3 is 0 Å². The Bertz CT molecular complexity index is 680. The van der Waals surface area contributed by atoms with Crippen LogP contribution in [-0.2, 0) is 15.8 Å². The number of hydrogen-bond acceptors (Lipinski definition) is 4. The van der Waals surface area contributed by atoms with Gasteiger partial charge in [0.15, 0.2) is 0 Å². The SMILES string of the molecule is CC1C2CNCC2CN1S(=O)(=O)Cc1cccc(C#N)c1.